The fourth-order valence-corrected chi connectivity index (χ4v) is 1.64. The van der Waals surface area contributed by atoms with E-state index in [1.54, 1.807) is 0 Å². The minimum atomic E-state index is -0.968. The molecule has 0 amide bonds. The summed E-state index contributed by atoms with van der Waals surface area (Å²) in [6, 6.07) is 10.6. The van der Waals surface area contributed by atoms with Gasteiger partial charge in [0, 0.05) is 25.5 Å². The van der Waals surface area contributed by atoms with E-state index in [-0.39, 0.29) is 6.54 Å². The first-order chi connectivity index (χ1) is 9.15. The summed E-state index contributed by atoms with van der Waals surface area (Å²) < 4.78 is 0. The van der Waals surface area contributed by atoms with Crippen molar-refractivity contribution in [3.05, 3.63) is 48.3 Å². The van der Waals surface area contributed by atoms with E-state index in [2.05, 4.69) is 65.2 Å². The number of carbonyl (C=O) groups is 1. The number of hydrogen-bond donors (Lipinski definition) is 2. The molecule has 0 fully saturated rings. The van der Waals surface area contributed by atoms with Crippen molar-refractivity contribution in [2.24, 2.45) is 5.73 Å². The van der Waals surface area contributed by atoms with Gasteiger partial charge in [-0.15, -0.1) is 0 Å². The average molecular weight is 263 g/mol. The Morgan fingerprint density at radius 1 is 1.26 bits per heavy atom. The van der Waals surface area contributed by atoms with Crippen LogP contribution < -0.4 is 5.73 Å². The summed E-state index contributed by atoms with van der Waals surface area (Å²) in [4.78, 5) is 13.9. The zero-order valence-electron chi connectivity index (χ0n) is 11.2. The summed E-state index contributed by atoms with van der Waals surface area (Å²) >= 11 is 0. The molecule has 0 saturated carbocycles. The normalized spacial score (nSPS) is 13.2. The Morgan fingerprint density at radius 3 is 2.32 bits per heavy atom. The van der Waals surface area contributed by atoms with E-state index in [1.807, 2.05) is 0 Å². The van der Waals surface area contributed by atoms with Gasteiger partial charge in [-0.1, -0.05) is 30.3 Å². The van der Waals surface area contributed by atoms with Crippen LogP contribution in [0.5, 0.6) is 0 Å². The number of carboxylic acid groups (broad SMARTS) is 1. The second kappa shape index (κ2) is 8.16. The Bertz CT molecular complexity index is 406. The molecule has 1 aliphatic rings. The number of nitrogens with zero attached hydrogens (tertiary/aromatic N) is 2. The van der Waals surface area contributed by atoms with Gasteiger partial charge >= 0.3 is 5.97 Å². The first kappa shape index (κ1) is 15.0. The van der Waals surface area contributed by atoms with E-state index >= 15 is 0 Å². The first-order valence-corrected chi connectivity index (χ1v) is 6.28. The molecule has 0 unspecified atom stereocenters. The lowest BCUT2D eigenvalue weighted by molar-refractivity contribution is -0.135. The summed E-state index contributed by atoms with van der Waals surface area (Å²) in [5.41, 5.74) is 5.94. The molecule has 0 aliphatic carbocycles. The summed E-state index contributed by atoms with van der Waals surface area (Å²) in [5, 5.41) is 7.60. The molecule has 104 valence electrons. The lowest BCUT2D eigenvalue weighted by Crippen LogP contribution is -2.24. The molecular weight excluding hydrogens is 242 g/mol. The van der Waals surface area contributed by atoms with Gasteiger partial charge in [-0.3, -0.25) is 4.79 Å². The molecule has 0 aromatic heterocycles. The fourth-order valence-electron chi connectivity index (χ4n) is 1.64. The largest absolute Gasteiger partial charge is 0.480 e. The summed E-state index contributed by atoms with van der Waals surface area (Å²) in [7, 11) is 0. The third-order valence-corrected chi connectivity index (χ3v) is 2.66. The summed E-state index contributed by atoms with van der Waals surface area (Å²) in [5.74, 6) is -0.968. The first-order valence-electron chi connectivity index (χ1n) is 6.28. The molecule has 0 spiro atoms. The van der Waals surface area contributed by atoms with Crippen molar-refractivity contribution in [3.8, 4) is 0 Å². The number of carboxylic acids is 1. The number of hydrogen-bond acceptors (Lipinski definition) is 4. The molecule has 1 aliphatic heterocycles. The quantitative estimate of drug-likeness (QED) is 0.856. The van der Waals surface area contributed by atoms with Crippen LogP contribution in [0, 0.1) is 0 Å². The molecule has 19 heavy (non-hydrogen) atoms. The highest BCUT2D eigenvalue weighted by atomic mass is 16.4. The SMILES string of the molecule is CCN1C=CN(Cc2ccccc2)C1.NCC(=O)O. The molecule has 2 rings (SSSR count). The smallest absolute Gasteiger partial charge is 0.317 e. The molecular formula is C14H21N3O2. The van der Waals surface area contributed by atoms with Gasteiger partial charge < -0.3 is 20.6 Å². The van der Waals surface area contributed by atoms with E-state index in [1.165, 1.54) is 5.56 Å². The van der Waals surface area contributed by atoms with Gasteiger partial charge in [0.1, 0.15) is 0 Å². The van der Waals surface area contributed by atoms with Crippen molar-refractivity contribution >= 4 is 5.97 Å². The molecule has 5 heteroatoms. The molecule has 0 bridgehead atoms. The lowest BCUT2D eigenvalue weighted by Gasteiger charge is -2.19. The monoisotopic (exact) mass is 263 g/mol. The molecule has 1 heterocycles. The van der Waals surface area contributed by atoms with Gasteiger partial charge in [-0.25, -0.2) is 0 Å². The van der Waals surface area contributed by atoms with E-state index < -0.39 is 5.97 Å². The van der Waals surface area contributed by atoms with Crippen LogP contribution in [0.2, 0.25) is 0 Å². The van der Waals surface area contributed by atoms with Gasteiger partial charge in [0.15, 0.2) is 0 Å². The molecule has 3 N–H and O–H groups in total. The maximum absolute atomic E-state index is 9.24. The van der Waals surface area contributed by atoms with Crippen LogP contribution in [-0.2, 0) is 11.3 Å². The van der Waals surface area contributed by atoms with Gasteiger partial charge in [0.05, 0.1) is 13.2 Å². The maximum atomic E-state index is 9.24. The average Bonchev–Trinajstić information content (AvgIpc) is 2.88. The molecule has 1 aromatic carbocycles. The minimum absolute atomic E-state index is 0.278. The standard InChI is InChI=1S/C12H16N2.C2H5NO2/c1-2-13-8-9-14(11-13)10-12-6-4-3-5-7-12;3-1-2(4)5/h3-9H,2,10-11H2,1H3;1,3H2,(H,4,5). The van der Waals surface area contributed by atoms with E-state index in [4.69, 9.17) is 5.11 Å². The van der Waals surface area contributed by atoms with Crippen LogP contribution in [0.4, 0.5) is 0 Å². The second-order valence-electron chi connectivity index (χ2n) is 4.17. The van der Waals surface area contributed by atoms with Crippen molar-refractivity contribution in [1.82, 2.24) is 9.80 Å². The summed E-state index contributed by atoms with van der Waals surface area (Å²) in [6.07, 6.45) is 4.32. The molecule has 5 nitrogen and oxygen atoms in total. The van der Waals surface area contributed by atoms with Gasteiger partial charge in [0.2, 0.25) is 0 Å². The van der Waals surface area contributed by atoms with Crippen LogP contribution in [-0.4, -0.2) is 40.6 Å². The van der Waals surface area contributed by atoms with Crippen LogP contribution in [0.25, 0.3) is 0 Å². The lowest BCUT2D eigenvalue weighted by atomic mass is 10.2. The van der Waals surface area contributed by atoms with Crippen molar-refractivity contribution in [2.45, 2.75) is 13.5 Å². The summed E-state index contributed by atoms with van der Waals surface area (Å²) in [6.45, 7) is 5.01. The van der Waals surface area contributed by atoms with Crippen molar-refractivity contribution in [1.29, 1.82) is 0 Å². The molecule has 1 aromatic rings. The van der Waals surface area contributed by atoms with Crippen molar-refractivity contribution < 1.29 is 9.90 Å². The van der Waals surface area contributed by atoms with Crippen LogP contribution >= 0.6 is 0 Å². The van der Waals surface area contributed by atoms with Crippen LogP contribution in [0.3, 0.4) is 0 Å². The third kappa shape index (κ3) is 5.92. The van der Waals surface area contributed by atoms with Crippen molar-refractivity contribution in [2.75, 3.05) is 19.8 Å². The predicted octanol–water partition coefficient (Wildman–Crippen LogP) is 1.28. The van der Waals surface area contributed by atoms with E-state index in [0.717, 1.165) is 19.8 Å². The number of nitrogens with two attached hydrogens (primary N) is 1. The van der Waals surface area contributed by atoms with E-state index in [0.29, 0.717) is 0 Å². The second-order valence-corrected chi connectivity index (χ2v) is 4.17. The highest BCUT2D eigenvalue weighted by Crippen LogP contribution is 2.10. The van der Waals surface area contributed by atoms with Gasteiger partial charge in [-0.05, 0) is 12.5 Å². The molecule has 0 saturated heterocycles. The van der Waals surface area contributed by atoms with E-state index in [9.17, 15) is 4.79 Å². The highest BCUT2D eigenvalue weighted by molar-refractivity contribution is 5.68. The highest BCUT2D eigenvalue weighted by Gasteiger charge is 2.09. The van der Waals surface area contributed by atoms with Crippen LogP contribution in [0.15, 0.2) is 42.7 Å². The Kier molecular flexibility index (Phi) is 6.46. The Balaban J connectivity index is 0.000000312. The van der Waals surface area contributed by atoms with Gasteiger partial charge in [-0.2, -0.15) is 0 Å². The topological polar surface area (TPSA) is 69.8 Å². The third-order valence-electron chi connectivity index (χ3n) is 2.66. The Labute approximate surface area is 113 Å². The maximum Gasteiger partial charge on any atom is 0.317 e. The molecule has 0 atom stereocenters. The fraction of sp³-hybridized carbons (Fsp3) is 0.357. The van der Waals surface area contributed by atoms with Gasteiger partial charge in [0.25, 0.3) is 0 Å². The Hall–Kier alpha value is -2.01. The predicted molar refractivity (Wildman–Crippen MR) is 75.1 cm³/mol. The number of benzene rings is 1. The number of rotatable bonds is 4. The van der Waals surface area contributed by atoms with Crippen molar-refractivity contribution in [3.63, 3.8) is 0 Å². The number of aliphatic carboxylic acids is 1. The Morgan fingerprint density at radius 2 is 1.84 bits per heavy atom. The minimum Gasteiger partial charge on any atom is -0.480 e. The van der Waals surface area contributed by atoms with Crippen LogP contribution in [0.1, 0.15) is 12.5 Å². The molecule has 0 radical (unpaired) electrons. The zero-order chi connectivity index (χ0) is 14.1. The zero-order valence-corrected chi connectivity index (χ0v) is 11.2.